The smallest absolute Gasteiger partial charge is 0.256 e. The Labute approximate surface area is 258 Å². The molecule has 45 heavy (non-hydrogen) atoms. The minimum atomic E-state index is -0.620. The quantitative estimate of drug-likeness (QED) is 0.176. The van der Waals surface area contributed by atoms with Crippen LogP contribution < -0.4 is 20.8 Å². The van der Waals surface area contributed by atoms with Crippen molar-refractivity contribution in [2.24, 2.45) is 0 Å². The van der Waals surface area contributed by atoms with Crippen molar-refractivity contribution < 1.29 is 18.3 Å². The zero-order chi connectivity index (χ0) is 31.1. The minimum Gasteiger partial charge on any atom is -0.456 e. The van der Waals surface area contributed by atoms with Crippen molar-refractivity contribution in [1.29, 1.82) is 0 Å². The van der Waals surface area contributed by atoms with Crippen LogP contribution >= 0.6 is 0 Å². The molecule has 0 bridgehead atoms. The molecule has 1 aliphatic rings. The number of para-hydroxylation sites is 1. The Morgan fingerprint density at radius 1 is 1.02 bits per heavy atom. The molecule has 0 saturated heterocycles. The van der Waals surface area contributed by atoms with Crippen molar-refractivity contribution in [3.8, 4) is 17.2 Å². The number of nitrogens with zero attached hydrogens (tertiary/aromatic N) is 4. The second-order valence-corrected chi connectivity index (χ2v) is 11.6. The first-order valence-corrected chi connectivity index (χ1v) is 15.1. The molecule has 11 heteroatoms. The average molecular weight is 609 g/mol. The number of nitrogens with one attached hydrogen (secondary N) is 2. The fraction of sp³-hybridized carbons (Fsp3) is 0.265. The number of anilines is 1. The number of benzene rings is 3. The molecule has 0 radical (unpaired) electrons. The summed E-state index contributed by atoms with van der Waals surface area (Å²) in [7, 11) is 4.03. The maximum atomic E-state index is 15.8. The fourth-order valence-corrected chi connectivity index (χ4v) is 5.91. The molecule has 2 N–H and O–H groups in total. The maximum absolute atomic E-state index is 15.8. The van der Waals surface area contributed by atoms with Gasteiger partial charge in [-0.25, -0.2) is 9.37 Å². The Balaban J connectivity index is 1.31. The Morgan fingerprint density at radius 2 is 1.89 bits per heavy atom. The van der Waals surface area contributed by atoms with Crippen LogP contribution in [0.1, 0.15) is 29.6 Å². The van der Waals surface area contributed by atoms with Crippen LogP contribution in [0.15, 0.2) is 76.6 Å². The van der Waals surface area contributed by atoms with E-state index in [1.165, 1.54) is 12.3 Å². The van der Waals surface area contributed by atoms with Gasteiger partial charge in [-0.05, 0) is 58.1 Å². The van der Waals surface area contributed by atoms with E-state index in [2.05, 4.69) is 20.5 Å². The van der Waals surface area contributed by atoms with Crippen molar-refractivity contribution in [3.63, 3.8) is 0 Å². The van der Waals surface area contributed by atoms with E-state index < -0.39 is 17.2 Å². The molecule has 0 unspecified atom stereocenters. The van der Waals surface area contributed by atoms with E-state index in [-0.39, 0.29) is 22.4 Å². The molecule has 0 fully saturated rings. The Kier molecular flexibility index (Phi) is 7.46. The number of rotatable bonds is 11. The standard InChI is InChI=1S/C34H33FN6O4/c1-39(2)13-6-5-10-37-30-25(35)16-23-31-33(30)45-29-17-22-21-8-3-4-9-27(21)44-28(22)18-26(29)41(31)19-24(32(23)42)34(43)38-11-7-14-40-15-12-36-20-40/h3-4,8-9,12,15-20,37H,5-7,10-11,13-14H2,1-2H3,(H,38,43). The summed E-state index contributed by atoms with van der Waals surface area (Å²) >= 11 is 0. The van der Waals surface area contributed by atoms with Crippen LogP contribution in [0.25, 0.3) is 38.5 Å². The first-order valence-electron chi connectivity index (χ1n) is 15.1. The van der Waals surface area contributed by atoms with Gasteiger partial charge in [0.25, 0.3) is 5.91 Å². The number of carbonyl (C=O) groups excluding carboxylic acids is 1. The summed E-state index contributed by atoms with van der Waals surface area (Å²) < 4.78 is 32.1. The molecule has 3 aromatic heterocycles. The van der Waals surface area contributed by atoms with Crippen LogP contribution in [0.4, 0.5) is 10.1 Å². The van der Waals surface area contributed by atoms with Crippen LogP contribution in [-0.2, 0) is 6.54 Å². The number of hydrogen-bond acceptors (Lipinski definition) is 7. The number of furan rings is 1. The van der Waals surface area contributed by atoms with Gasteiger partial charge < -0.3 is 33.8 Å². The van der Waals surface area contributed by atoms with Gasteiger partial charge in [-0.15, -0.1) is 0 Å². The van der Waals surface area contributed by atoms with Gasteiger partial charge in [0.05, 0.1) is 17.4 Å². The maximum Gasteiger partial charge on any atom is 0.256 e. The number of carbonyl (C=O) groups is 1. The molecule has 0 aliphatic carbocycles. The molecule has 0 atom stereocenters. The number of halogens is 1. The van der Waals surface area contributed by atoms with E-state index >= 15 is 4.39 Å². The number of fused-ring (bicyclic) bond motifs is 5. The van der Waals surface area contributed by atoms with Gasteiger partial charge in [0.15, 0.2) is 17.3 Å². The number of imidazole rings is 1. The summed E-state index contributed by atoms with van der Waals surface area (Å²) in [6.45, 7) is 2.46. The van der Waals surface area contributed by atoms with Gasteiger partial charge in [0, 0.05) is 55.1 Å². The van der Waals surface area contributed by atoms with Crippen LogP contribution in [0, 0.1) is 5.82 Å². The van der Waals surface area contributed by atoms with E-state index in [1.807, 2.05) is 61.3 Å². The van der Waals surface area contributed by atoms with Gasteiger partial charge in [-0.3, -0.25) is 9.59 Å². The lowest BCUT2D eigenvalue weighted by atomic mass is 10.0. The molecule has 3 aromatic carbocycles. The largest absolute Gasteiger partial charge is 0.456 e. The molecule has 230 valence electrons. The zero-order valence-electron chi connectivity index (χ0n) is 25.1. The molecule has 7 rings (SSSR count). The Bertz CT molecular complexity index is 2120. The molecule has 10 nitrogen and oxygen atoms in total. The topological polar surface area (TPSA) is 107 Å². The predicted molar refractivity (Wildman–Crippen MR) is 172 cm³/mol. The number of aryl methyl sites for hydroxylation is 1. The van der Waals surface area contributed by atoms with Gasteiger partial charge in [-0.1, -0.05) is 18.2 Å². The first kappa shape index (κ1) is 28.6. The van der Waals surface area contributed by atoms with E-state index in [4.69, 9.17) is 9.15 Å². The summed E-state index contributed by atoms with van der Waals surface area (Å²) in [6, 6.07) is 12.6. The predicted octanol–water partition coefficient (Wildman–Crippen LogP) is 5.91. The van der Waals surface area contributed by atoms with Crippen molar-refractivity contribution in [3.05, 3.63) is 89.0 Å². The molecule has 0 saturated carbocycles. The highest BCUT2D eigenvalue weighted by molar-refractivity contribution is 6.07. The zero-order valence-corrected chi connectivity index (χ0v) is 25.1. The number of hydrogen-bond donors (Lipinski definition) is 2. The molecule has 1 amide bonds. The second-order valence-electron chi connectivity index (χ2n) is 11.6. The van der Waals surface area contributed by atoms with Crippen LogP contribution in [0.2, 0.25) is 0 Å². The molecule has 6 aromatic rings. The Hall–Kier alpha value is -5.16. The third-order valence-corrected chi connectivity index (χ3v) is 8.14. The molecular weight excluding hydrogens is 575 g/mol. The SMILES string of the molecule is CN(C)CCCCNc1c(F)cc2c(=O)c(C(=O)NCCCn3ccnc3)cn3c2c1Oc1cc2c(cc1-3)oc1ccccc12. The third-order valence-electron chi connectivity index (χ3n) is 8.14. The molecular formula is C34H33FN6O4. The monoisotopic (exact) mass is 608 g/mol. The lowest BCUT2D eigenvalue weighted by molar-refractivity contribution is 0.0951. The van der Waals surface area contributed by atoms with Crippen molar-refractivity contribution in [1.82, 2.24) is 24.3 Å². The van der Waals surface area contributed by atoms with Crippen LogP contribution in [0.3, 0.4) is 0 Å². The highest BCUT2D eigenvalue weighted by Gasteiger charge is 2.29. The van der Waals surface area contributed by atoms with Crippen molar-refractivity contribution in [2.75, 3.05) is 39.0 Å². The first-order chi connectivity index (χ1) is 21.9. The van der Waals surface area contributed by atoms with Gasteiger partial charge in [0.1, 0.15) is 27.9 Å². The van der Waals surface area contributed by atoms with E-state index in [9.17, 15) is 9.59 Å². The highest BCUT2D eigenvalue weighted by Crippen LogP contribution is 2.47. The fourth-order valence-electron chi connectivity index (χ4n) is 5.91. The summed E-state index contributed by atoms with van der Waals surface area (Å²) in [5.41, 5.74) is 1.84. The van der Waals surface area contributed by atoms with Crippen LogP contribution in [0.5, 0.6) is 11.5 Å². The second kappa shape index (κ2) is 11.7. The number of amides is 1. The molecule has 1 aliphatic heterocycles. The van der Waals surface area contributed by atoms with E-state index in [0.29, 0.717) is 48.6 Å². The number of aromatic nitrogens is 3. The number of ether oxygens (including phenoxy) is 1. The van der Waals surface area contributed by atoms with Gasteiger partial charge in [0.2, 0.25) is 5.43 Å². The van der Waals surface area contributed by atoms with Crippen molar-refractivity contribution >= 4 is 44.4 Å². The van der Waals surface area contributed by atoms with Gasteiger partial charge >= 0.3 is 0 Å². The summed E-state index contributed by atoms with van der Waals surface area (Å²) in [5, 5.41) is 7.89. The number of pyridine rings is 1. The number of unbranched alkanes of at least 4 members (excludes halogenated alkanes) is 1. The summed E-state index contributed by atoms with van der Waals surface area (Å²) in [4.78, 5) is 33.3. The summed E-state index contributed by atoms with van der Waals surface area (Å²) in [5.74, 6) is -0.481. The van der Waals surface area contributed by atoms with Crippen LogP contribution in [-0.4, -0.2) is 58.7 Å². The average Bonchev–Trinajstić information content (AvgIpc) is 3.68. The lowest BCUT2D eigenvalue weighted by Gasteiger charge is -2.26. The third kappa shape index (κ3) is 5.29. The lowest BCUT2D eigenvalue weighted by Crippen LogP contribution is -2.31. The normalized spacial score (nSPS) is 12.2. The van der Waals surface area contributed by atoms with E-state index in [0.717, 1.165) is 35.7 Å². The molecule has 4 heterocycles. The summed E-state index contributed by atoms with van der Waals surface area (Å²) in [6.07, 6.45) is 9.17. The van der Waals surface area contributed by atoms with Gasteiger partial charge in [-0.2, -0.15) is 0 Å². The minimum absolute atomic E-state index is 0.0575. The Morgan fingerprint density at radius 3 is 2.71 bits per heavy atom. The van der Waals surface area contributed by atoms with Crippen molar-refractivity contribution in [2.45, 2.75) is 25.8 Å². The highest BCUT2D eigenvalue weighted by atomic mass is 19.1. The molecule has 0 spiro atoms. The van der Waals surface area contributed by atoms with E-state index in [1.54, 1.807) is 17.1 Å².